The largest absolute Gasteiger partial charge is 0.352 e. The molecule has 0 radical (unpaired) electrons. The smallest absolute Gasteiger partial charge is 0.252 e. The van der Waals surface area contributed by atoms with Crippen LogP contribution in [0.4, 0.5) is 0 Å². The Morgan fingerprint density at radius 2 is 2.21 bits per heavy atom. The zero-order valence-corrected chi connectivity index (χ0v) is 14.7. The first-order valence-corrected chi connectivity index (χ1v) is 9.00. The van der Waals surface area contributed by atoms with Crippen LogP contribution >= 0.6 is 0 Å². The van der Waals surface area contributed by atoms with Crippen molar-refractivity contribution in [2.45, 2.75) is 39.2 Å². The molecule has 1 aromatic carbocycles. The fourth-order valence-electron chi connectivity index (χ4n) is 3.49. The van der Waals surface area contributed by atoms with Gasteiger partial charge in [0.2, 0.25) is 0 Å². The van der Waals surface area contributed by atoms with Crippen LogP contribution in [0.2, 0.25) is 0 Å². The van der Waals surface area contributed by atoms with Crippen molar-refractivity contribution < 1.29 is 4.79 Å². The van der Waals surface area contributed by atoms with Crippen LogP contribution in [-0.2, 0) is 0 Å². The molecule has 2 aromatic rings. The van der Waals surface area contributed by atoms with Gasteiger partial charge in [0.15, 0.2) is 0 Å². The molecule has 4 nitrogen and oxygen atoms in total. The molecule has 0 aliphatic carbocycles. The second kappa shape index (κ2) is 7.75. The van der Waals surface area contributed by atoms with E-state index in [1.54, 1.807) is 6.20 Å². The summed E-state index contributed by atoms with van der Waals surface area (Å²) < 4.78 is 0. The molecule has 128 valence electrons. The van der Waals surface area contributed by atoms with Gasteiger partial charge in [-0.05, 0) is 57.7 Å². The summed E-state index contributed by atoms with van der Waals surface area (Å²) in [5.74, 6) is 0.668. The van der Waals surface area contributed by atoms with Crippen LogP contribution in [0.15, 0.2) is 36.5 Å². The minimum atomic E-state index is -0.0234. The Balaban J connectivity index is 1.51. The summed E-state index contributed by atoms with van der Waals surface area (Å²) >= 11 is 0. The summed E-state index contributed by atoms with van der Waals surface area (Å²) in [4.78, 5) is 19.2. The predicted octanol–water partition coefficient (Wildman–Crippen LogP) is 3.48. The van der Waals surface area contributed by atoms with Gasteiger partial charge in [-0.2, -0.15) is 0 Å². The van der Waals surface area contributed by atoms with Gasteiger partial charge in [-0.25, -0.2) is 0 Å². The third-order valence-corrected chi connectivity index (χ3v) is 4.97. The number of hydrogen-bond donors (Lipinski definition) is 1. The van der Waals surface area contributed by atoms with Gasteiger partial charge >= 0.3 is 0 Å². The quantitative estimate of drug-likeness (QED) is 0.915. The summed E-state index contributed by atoms with van der Waals surface area (Å²) in [7, 11) is 0. The van der Waals surface area contributed by atoms with Crippen LogP contribution in [0.5, 0.6) is 0 Å². The number of amides is 1. The summed E-state index contributed by atoms with van der Waals surface area (Å²) in [6.45, 7) is 7.63. The number of carbonyl (C=O) groups is 1. The van der Waals surface area contributed by atoms with Crippen molar-refractivity contribution in [1.29, 1.82) is 0 Å². The first-order chi connectivity index (χ1) is 11.6. The van der Waals surface area contributed by atoms with Crippen LogP contribution in [0.25, 0.3) is 10.9 Å². The molecule has 4 heteroatoms. The molecule has 0 saturated carbocycles. The number of carbonyl (C=O) groups excluding carboxylic acids is 1. The van der Waals surface area contributed by atoms with E-state index in [9.17, 15) is 4.79 Å². The number of aromatic nitrogens is 1. The van der Waals surface area contributed by atoms with Crippen molar-refractivity contribution in [3.05, 3.63) is 42.1 Å². The molecular formula is C20H27N3O. The lowest BCUT2D eigenvalue weighted by atomic mass is 9.94. The molecular weight excluding hydrogens is 298 g/mol. The molecule has 1 aliphatic rings. The Bertz CT molecular complexity index is 698. The van der Waals surface area contributed by atoms with Gasteiger partial charge in [-0.3, -0.25) is 9.78 Å². The predicted molar refractivity (Wildman–Crippen MR) is 98.1 cm³/mol. The van der Waals surface area contributed by atoms with Gasteiger partial charge in [-0.1, -0.05) is 18.2 Å². The average Bonchev–Trinajstić information content (AvgIpc) is 2.61. The summed E-state index contributed by atoms with van der Waals surface area (Å²) in [6, 6.07) is 10.4. The zero-order valence-electron chi connectivity index (χ0n) is 14.7. The molecule has 0 unspecified atom stereocenters. The Kier molecular flexibility index (Phi) is 5.46. The van der Waals surface area contributed by atoms with Crippen LogP contribution in [0, 0.1) is 5.92 Å². The topological polar surface area (TPSA) is 45.2 Å². The number of nitrogens with zero attached hydrogens (tertiary/aromatic N) is 2. The van der Waals surface area contributed by atoms with E-state index < -0.39 is 0 Å². The molecule has 2 heterocycles. The zero-order chi connectivity index (χ0) is 16.9. The van der Waals surface area contributed by atoms with Crippen LogP contribution in [-0.4, -0.2) is 41.5 Å². The van der Waals surface area contributed by atoms with Crippen LogP contribution < -0.4 is 5.32 Å². The van der Waals surface area contributed by atoms with Crippen molar-refractivity contribution in [2.24, 2.45) is 5.92 Å². The van der Waals surface area contributed by atoms with Crippen LogP contribution in [0.3, 0.4) is 0 Å². The van der Waals surface area contributed by atoms with E-state index in [2.05, 4.69) is 29.0 Å². The molecule has 3 rings (SSSR count). The highest BCUT2D eigenvalue weighted by Gasteiger charge is 2.21. The molecule has 1 fully saturated rings. The fourth-order valence-corrected chi connectivity index (χ4v) is 3.49. The number of para-hydroxylation sites is 1. The summed E-state index contributed by atoms with van der Waals surface area (Å²) in [5, 5.41) is 4.06. The second-order valence-electron chi connectivity index (χ2n) is 7.06. The van der Waals surface area contributed by atoms with E-state index in [1.807, 2.05) is 30.3 Å². The highest BCUT2D eigenvalue weighted by molar-refractivity contribution is 5.97. The number of pyridine rings is 1. The summed E-state index contributed by atoms with van der Waals surface area (Å²) in [6.07, 6.45) is 5.26. The number of fused-ring (bicyclic) bond motifs is 1. The van der Waals surface area contributed by atoms with Crippen molar-refractivity contribution in [2.75, 3.05) is 19.6 Å². The van der Waals surface area contributed by atoms with Gasteiger partial charge in [-0.15, -0.1) is 0 Å². The number of hydrogen-bond acceptors (Lipinski definition) is 3. The van der Waals surface area contributed by atoms with E-state index >= 15 is 0 Å². The fraction of sp³-hybridized carbons (Fsp3) is 0.500. The molecule has 1 amide bonds. The van der Waals surface area contributed by atoms with Gasteiger partial charge in [0.05, 0.1) is 11.1 Å². The van der Waals surface area contributed by atoms with Crippen LogP contribution in [0.1, 0.15) is 43.5 Å². The summed E-state index contributed by atoms with van der Waals surface area (Å²) in [5.41, 5.74) is 1.56. The van der Waals surface area contributed by atoms with Gasteiger partial charge in [0.25, 0.3) is 5.91 Å². The second-order valence-corrected chi connectivity index (χ2v) is 7.06. The first kappa shape index (κ1) is 16.9. The van der Waals surface area contributed by atoms with E-state index in [4.69, 9.17) is 0 Å². The minimum absolute atomic E-state index is 0.0234. The maximum absolute atomic E-state index is 12.3. The minimum Gasteiger partial charge on any atom is -0.352 e. The molecule has 0 spiro atoms. The van der Waals surface area contributed by atoms with E-state index in [0.717, 1.165) is 30.4 Å². The monoisotopic (exact) mass is 325 g/mol. The number of benzene rings is 1. The molecule has 1 atom stereocenters. The highest BCUT2D eigenvalue weighted by atomic mass is 16.1. The highest BCUT2D eigenvalue weighted by Crippen LogP contribution is 2.20. The molecule has 24 heavy (non-hydrogen) atoms. The molecule has 1 aromatic heterocycles. The number of nitrogens with one attached hydrogen (secondary N) is 1. The van der Waals surface area contributed by atoms with E-state index in [0.29, 0.717) is 17.5 Å². The molecule has 1 aliphatic heterocycles. The Labute approximate surface area is 144 Å². The van der Waals surface area contributed by atoms with Gasteiger partial charge in [0, 0.05) is 30.7 Å². The van der Waals surface area contributed by atoms with Gasteiger partial charge in [0.1, 0.15) is 0 Å². The Morgan fingerprint density at radius 1 is 1.38 bits per heavy atom. The standard InChI is InChI=1S/C20H27N3O/c1-15(2)23-11-5-6-16(14-23)9-10-21-20(24)18-12-17-7-3-4-8-19(17)22-13-18/h3-4,7-8,12-13,15-16H,5-6,9-11,14H2,1-2H3,(H,21,24)/t16-/m1/s1. The number of likely N-dealkylation sites (tertiary alicyclic amines) is 1. The normalized spacial score (nSPS) is 18.9. The Hall–Kier alpha value is -1.94. The van der Waals surface area contributed by atoms with Crippen molar-refractivity contribution >= 4 is 16.8 Å². The maximum Gasteiger partial charge on any atom is 0.252 e. The molecule has 1 saturated heterocycles. The average molecular weight is 325 g/mol. The molecule has 0 bridgehead atoms. The lowest BCUT2D eigenvalue weighted by Gasteiger charge is -2.35. The lowest BCUT2D eigenvalue weighted by molar-refractivity contribution is 0.0942. The van der Waals surface area contributed by atoms with Crippen molar-refractivity contribution in [3.8, 4) is 0 Å². The maximum atomic E-state index is 12.3. The third-order valence-electron chi connectivity index (χ3n) is 4.97. The van der Waals surface area contributed by atoms with Crippen molar-refractivity contribution in [1.82, 2.24) is 15.2 Å². The number of piperidine rings is 1. The van der Waals surface area contributed by atoms with Crippen molar-refractivity contribution in [3.63, 3.8) is 0 Å². The van der Waals surface area contributed by atoms with E-state index in [-0.39, 0.29) is 5.91 Å². The Morgan fingerprint density at radius 3 is 3.04 bits per heavy atom. The SMILES string of the molecule is CC(C)N1CCC[C@H](CCNC(=O)c2cnc3ccccc3c2)C1. The van der Waals surface area contributed by atoms with E-state index in [1.165, 1.54) is 19.4 Å². The first-order valence-electron chi connectivity index (χ1n) is 9.00. The van der Waals surface area contributed by atoms with Gasteiger partial charge < -0.3 is 10.2 Å². The third kappa shape index (κ3) is 4.12. The molecule has 1 N–H and O–H groups in total. The lowest BCUT2D eigenvalue weighted by Crippen LogP contribution is -2.40. The number of rotatable bonds is 5.